The summed E-state index contributed by atoms with van der Waals surface area (Å²) in [6.07, 6.45) is 0. The lowest BCUT2D eigenvalue weighted by Crippen LogP contribution is -1.99. The zero-order valence-electron chi connectivity index (χ0n) is 31.4. The molecule has 4 heteroatoms. The average Bonchev–Trinajstić information content (AvgIpc) is 3.82. The van der Waals surface area contributed by atoms with Crippen LogP contribution in [0.5, 0.6) is 0 Å². The van der Waals surface area contributed by atoms with Gasteiger partial charge >= 0.3 is 0 Å². The standard InChI is InChI=1S/C54H34N4/c1-3-16-36(17-4-1)47-34-48(37-18-5-2-6-19-37)56-54(55-47)46-33-41(32-39-21-9-10-22-42(39)46)57-50-26-14-12-24-45(50)52-51(57)30-29-44-43-23-11-13-25-49(43)58(53(44)52)40-28-27-35-15-7-8-20-38(35)31-40/h1-34H. The zero-order valence-corrected chi connectivity index (χ0v) is 31.4. The van der Waals surface area contributed by atoms with E-state index in [4.69, 9.17) is 9.97 Å². The lowest BCUT2D eigenvalue weighted by Gasteiger charge is -2.15. The van der Waals surface area contributed by atoms with Crippen LogP contribution >= 0.6 is 0 Å². The van der Waals surface area contributed by atoms with E-state index in [2.05, 4.69) is 203 Å². The minimum absolute atomic E-state index is 0.692. The van der Waals surface area contributed by atoms with Crippen LogP contribution in [0.4, 0.5) is 0 Å². The third-order valence-electron chi connectivity index (χ3n) is 11.7. The molecule has 0 aliphatic carbocycles. The van der Waals surface area contributed by atoms with Gasteiger partial charge in [-0.2, -0.15) is 0 Å². The molecule has 0 aliphatic rings. The first-order valence-electron chi connectivity index (χ1n) is 19.7. The van der Waals surface area contributed by atoms with Crippen molar-refractivity contribution in [3.05, 3.63) is 206 Å². The quantitative estimate of drug-likeness (QED) is 0.176. The lowest BCUT2D eigenvalue weighted by molar-refractivity contribution is 1.16. The number of nitrogens with zero attached hydrogens (tertiary/aromatic N) is 4. The van der Waals surface area contributed by atoms with E-state index in [1.54, 1.807) is 0 Å². The van der Waals surface area contributed by atoms with Crippen LogP contribution < -0.4 is 0 Å². The van der Waals surface area contributed by atoms with Crippen molar-refractivity contribution >= 4 is 65.2 Å². The van der Waals surface area contributed by atoms with Crippen LogP contribution in [-0.4, -0.2) is 19.1 Å². The van der Waals surface area contributed by atoms with Gasteiger partial charge in [-0.25, -0.2) is 9.97 Å². The van der Waals surface area contributed by atoms with Crippen LogP contribution in [0.1, 0.15) is 0 Å². The molecule has 3 heterocycles. The van der Waals surface area contributed by atoms with Crippen molar-refractivity contribution in [3.8, 4) is 45.3 Å². The SMILES string of the molecule is c1ccc(-c2cc(-c3ccccc3)nc(-c3cc(-n4c5ccccc5c5c4ccc4c6ccccc6n(-c6ccc7ccccc7c6)c45)cc4ccccc34)n2)cc1. The second-order valence-corrected chi connectivity index (χ2v) is 15.0. The highest BCUT2D eigenvalue weighted by atomic mass is 15.0. The Labute approximate surface area is 334 Å². The topological polar surface area (TPSA) is 35.6 Å². The van der Waals surface area contributed by atoms with Crippen molar-refractivity contribution in [2.45, 2.75) is 0 Å². The maximum absolute atomic E-state index is 5.30. The van der Waals surface area contributed by atoms with Gasteiger partial charge < -0.3 is 9.13 Å². The summed E-state index contributed by atoms with van der Waals surface area (Å²) in [4.78, 5) is 10.6. The molecule has 0 aliphatic heterocycles. The highest BCUT2D eigenvalue weighted by Crippen LogP contribution is 2.43. The second kappa shape index (κ2) is 12.9. The summed E-state index contributed by atoms with van der Waals surface area (Å²) in [5.74, 6) is 0.692. The van der Waals surface area contributed by atoms with Gasteiger partial charge in [0.1, 0.15) is 0 Å². The zero-order chi connectivity index (χ0) is 38.2. The molecule has 0 atom stereocenters. The van der Waals surface area contributed by atoms with E-state index in [1.807, 2.05) is 12.1 Å². The molecule has 0 spiro atoms. The summed E-state index contributed by atoms with van der Waals surface area (Å²) in [5, 5.41) is 9.59. The van der Waals surface area contributed by atoms with Gasteiger partial charge in [-0.15, -0.1) is 0 Å². The van der Waals surface area contributed by atoms with Crippen LogP contribution in [0.2, 0.25) is 0 Å². The minimum Gasteiger partial charge on any atom is -0.309 e. The second-order valence-electron chi connectivity index (χ2n) is 15.0. The first kappa shape index (κ1) is 32.4. The third kappa shape index (κ3) is 5.02. The molecular formula is C54H34N4. The van der Waals surface area contributed by atoms with E-state index in [9.17, 15) is 0 Å². The highest BCUT2D eigenvalue weighted by Gasteiger charge is 2.22. The van der Waals surface area contributed by atoms with Crippen LogP contribution in [-0.2, 0) is 0 Å². The van der Waals surface area contributed by atoms with Crippen molar-refractivity contribution in [2.24, 2.45) is 0 Å². The lowest BCUT2D eigenvalue weighted by atomic mass is 10.0. The average molecular weight is 739 g/mol. The predicted octanol–water partition coefficient (Wildman–Crippen LogP) is 14.0. The molecule has 4 nitrogen and oxygen atoms in total. The summed E-state index contributed by atoms with van der Waals surface area (Å²) in [7, 11) is 0. The van der Waals surface area contributed by atoms with Crippen molar-refractivity contribution in [3.63, 3.8) is 0 Å². The normalized spacial score (nSPS) is 11.8. The molecule has 12 aromatic rings. The maximum Gasteiger partial charge on any atom is 0.161 e. The first-order valence-corrected chi connectivity index (χ1v) is 19.7. The molecular weight excluding hydrogens is 705 g/mol. The molecule has 0 fully saturated rings. The Balaban J connectivity index is 1.16. The van der Waals surface area contributed by atoms with E-state index in [0.717, 1.165) is 61.3 Å². The van der Waals surface area contributed by atoms with E-state index in [1.165, 1.54) is 43.4 Å². The molecule has 0 N–H and O–H groups in total. The Bertz CT molecular complexity index is 3500. The molecule has 0 radical (unpaired) electrons. The number of hydrogen-bond donors (Lipinski definition) is 0. The van der Waals surface area contributed by atoms with Gasteiger partial charge in [0.25, 0.3) is 0 Å². The summed E-state index contributed by atoms with van der Waals surface area (Å²) < 4.78 is 4.90. The van der Waals surface area contributed by atoms with Gasteiger partial charge in [-0.1, -0.05) is 158 Å². The minimum atomic E-state index is 0.692. The number of aromatic nitrogens is 4. The molecule has 3 aromatic heterocycles. The van der Waals surface area contributed by atoms with E-state index in [-0.39, 0.29) is 0 Å². The predicted molar refractivity (Wildman–Crippen MR) is 242 cm³/mol. The number of rotatable bonds is 5. The van der Waals surface area contributed by atoms with Crippen molar-refractivity contribution in [1.82, 2.24) is 19.1 Å². The number of fused-ring (bicyclic) bond motifs is 9. The van der Waals surface area contributed by atoms with Gasteiger partial charge in [0.2, 0.25) is 0 Å². The fourth-order valence-corrected chi connectivity index (χ4v) is 9.06. The largest absolute Gasteiger partial charge is 0.309 e. The van der Waals surface area contributed by atoms with Crippen LogP contribution in [0.15, 0.2) is 206 Å². The van der Waals surface area contributed by atoms with Crippen molar-refractivity contribution < 1.29 is 0 Å². The van der Waals surface area contributed by atoms with Crippen molar-refractivity contribution in [2.75, 3.05) is 0 Å². The maximum atomic E-state index is 5.30. The third-order valence-corrected chi connectivity index (χ3v) is 11.7. The fraction of sp³-hybridized carbons (Fsp3) is 0. The Morgan fingerprint density at radius 2 is 0.897 bits per heavy atom. The van der Waals surface area contributed by atoms with Gasteiger partial charge in [0, 0.05) is 49.6 Å². The van der Waals surface area contributed by atoms with E-state index >= 15 is 0 Å². The molecule has 58 heavy (non-hydrogen) atoms. The molecule has 0 amide bonds. The molecule has 0 saturated heterocycles. The summed E-state index contributed by atoms with van der Waals surface area (Å²) in [5.41, 5.74) is 11.8. The summed E-state index contributed by atoms with van der Waals surface area (Å²) >= 11 is 0. The van der Waals surface area contributed by atoms with Gasteiger partial charge in [-0.3, -0.25) is 0 Å². The smallest absolute Gasteiger partial charge is 0.161 e. The molecule has 12 rings (SSSR count). The molecule has 270 valence electrons. The van der Waals surface area contributed by atoms with Gasteiger partial charge in [0.05, 0.1) is 33.5 Å². The Kier molecular flexibility index (Phi) is 7.20. The highest BCUT2D eigenvalue weighted by molar-refractivity contribution is 6.26. The molecule has 9 aromatic carbocycles. The fourth-order valence-electron chi connectivity index (χ4n) is 9.06. The Morgan fingerprint density at radius 1 is 0.328 bits per heavy atom. The first-order chi connectivity index (χ1) is 28.8. The molecule has 0 bridgehead atoms. The van der Waals surface area contributed by atoms with Crippen molar-refractivity contribution in [1.29, 1.82) is 0 Å². The molecule has 0 saturated carbocycles. The van der Waals surface area contributed by atoms with Crippen LogP contribution in [0, 0.1) is 0 Å². The summed E-state index contributed by atoms with van der Waals surface area (Å²) in [6.45, 7) is 0. The van der Waals surface area contributed by atoms with E-state index < -0.39 is 0 Å². The molecule has 0 unspecified atom stereocenters. The number of para-hydroxylation sites is 2. The van der Waals surface area contributed by atoms with Gasteiger partial charge in [0.15, 0.2) is 5.82 Å². The van der Waals surface area contributed by atoms with Crippen LogP contribution in [0.3, 0.4) is 0 Å². The Hall–Kier alpha value is -7.82. The number of benzene rings is 9. The van der Waals surface area contributed by atoms with E-state index in [0.29, 0.717) is 5.82 Å². The monoisotopic (exact) mass is 738 g/mol. The Morgan fingerprint density at radius 3 is 1.62 bits per heavy atom. The van der Waals surface area contributed by atoms with Gasteiger partial charge in [-0.05, 0) is 70.1 Å². The van der Waals surface area contributed by atoms with Crippen LogP contribution in [0.25, 0.3) is 110 Å². The number of hydrogen-bond acceptors (Lipinski definition) is 2. The summed E-state index contributed by atoms with van der Waals surface area (Å²) in [6, 6.07) is 73.8.